The summed E-state index contributed by atoms with van der Waals surface area (Å²) in [5.41, 5.74) is -4.61. The number of ether oxygens (including phenoxy) is 1. The van der Waals surface area contributed by atoms with Crippen LogP contribution in [0.4, 0.5) is 50.9 Å². The van der Waals surface area contributed by atoms with Crippen LogP contribution in [0.25, 0.3) is 0 Å². The zero-order valence-electron chi connectivity index (χ0n) is 24.3. The van der Waals surface area contributed by atoms with Gasteiger partial charge in [0, 0.05) is 25.6 Å². The largest absolute Gasteiger partial charge is 0.469 e. The van der Waals surface area contributed by atoms with Crippen LogP contribution < -0.4 is 9.80 Å². The first-order chi connectivity index (χ1) is 20.9. The van der Waals surface area contributed by atoms with Crippen LogP contribution in [-0.4, -0.2) is 52.4 Å². The third-order valence-corrected chi connectivity index (χ3v) is 7.50. The molecule has 0 N–H and O–H groups in total. The van der Waals surface area contributed by atoms with Gasteiger partial charge in [0.05, 0.1) is 42.2 Å². The van der Waals surface area contributed by atoms with Crippen LogP contribution in [-0.2, 0) is 35.1 Å². The number of aryl methyl sites for hydroxylation is 1. The van der Waals surface area contributed by atoms with Gasteiger partial charge in [-0.3, -0.25) is 4.79 Å². The van der Waals surface area contributed by atoms with E-state index in [1.165, 1.54) is 25.1 Å². The normalized spacial score (nSPS) is 16.5. The van der Waals surface area contributed by atoms with E-state index in [4.69, 9.17) is 0 Å². The minimum atomic E-state index is -5.17. The molecule has 0 saturated carbocycles. The minimum Gasteiger partial charge on any atom is -0.469 e. The van der Waals surface area contributed by atoms with Crippen molar-refractivity contribution in [2.75, 3.05) is 30.0 Å². The van der Waals surface area contributed by atoms with E-state index in [-0.39, 0.29) is 36.2 Å². The molecular weight excluding hydrogens is 623 g/mol. The fourth-order valence-corrected chi connectivity index (χ4v) is 5.36. The first-order valence-electron chi connectivity index (χ1n) is 13.8. The number of unbranched alkanes of at least 4 members (excludes halogenated alkanes) is 1. The van der Waals surface area contributed by atoms with Gasteiger partial charge in [-0.05, 0) is 66.4 Å². The highest BCUT2D eigenvalue weighted by atomic mass is 19.4. The van der Waals surface area contributed by atoms with Crippen molar-refractivity contribution < 1.29 is 49.0 Å². The zero-order chi connectivity index (χ0) is 33.3. The van der Waals surface area contributed by atoms with E-state index in [2.05, 4.69) is 20.1 Å². The van der Waals surface area contributed by atoms with Crippen LogP contribution in [0.1, 0.15) is 66.7 Å². The Hall–Kier alpha value is -4.05. The number of hydrogen-bond acceptors (Lipinski definition) is 7. The number of carbonyl (C=O) groups is 1. The topological polar surface area (TPSA) is 76.4 Å². The minimum absolute atomic E-state index is 0.0263. The van der Waals surface area contributed by atoms with E-state index in [1.807, 2.05) is 4.90 Å². The Kier molecular flexibility index (Phi) is 9.59. The van der Waals surface area contributed by atoms with Crippen molar-refractivity contribution in [3.8, 4) is 0 Å². The van der Waals surface area contributed by atoms with E-state index in [0.717, 1.165) is 16.9 Å². The summed E-state index contributed by atoms with van der Waals surface area (Å²) in [6.07, 6.45) is -13.8. The molecule has 0 aliphatic carbocycles. The van der Waals surface area contributed by atoms with Crippen molar-refractivity contribution in [1.82, 2.24) is 20.2 Å². The summed E-state index contributed by atoms with van der Waals surface area (Å²) in [6, 6.07) is 1.87. The Morgan fingerprint density at radius 2 is 1.53 bits per heavy atom. The number of alkyl halides is 9. The molecule has 17 heteroatoms. The number of rotatable bonds is 9. The fourth-order valence-electron chi connectivity index (χ4n) is 5.36. The standard InChI is InChI=1S/C28H29F9N6O2/c1-4-20-15-43(22-14-17(26(29,30)31)8-9-21(22)42(20)10-6-5-7-23(44)45-3)24(25-38-40-41(2)39-25)16-11-18(27(32,33)34)13-19(12-16)28(35,36)37/h8-9,11-14,20,24H,4-7,10,15H2,1-3H3. The lowest BCUT2D eigenvalue weighted by molar-refractivity contribution is -0.143. The van der Waals surface area contributed by atoms with Gasteiger partial charge in [0.15, 0.2) is 0 Å². The number of aromatic nitrogens is 4. The monoisotopic (exact) mass is 652 g/mol. The molecule has 8 nitrogen and oxygen atoms in total. The molecule has 246 valence electrons. The molecule has 2 atom stereocenters. The number of esters is 1. The second kappa shape index (κ2) is 12.7. The summed E-state index contributed by atoms with van der Waals surface area (Å²) in [6.45, 7) is 1.99. The first-order valence-corrected chi connectivity index (χ1v) is 13.8. The van der Waals surface area contributed by atoms with Crippen LogP contribution in [0.5, 0.6) is 0 Å². The van der Waals surface area contributed by atoms with E-state index >= 15 is 0 Å². The molecule has 2 unspecified atom stereocenters. The number of anilines is 2. The molecule has 2 aromatic carbocycles. The second-order valence-electron chi connectivity index (χ2n) is 10.5. The molecule has 0 bridgehead atoms. The average Bonchev–Trinajstić information content (AvgIpc) is 3.39. The van der Waals surface area contributed by atoms with Crippen LogP contribution in [0.15, 0.2) is 36.4 Å². The third kappa shape index (κ3) is 7.61. The van der Waals surface area contributed by atoms with Gasteiger partial charge < -0.3 is 14.5 Å². The Morgan fingerprint density at radius 1 is 0.911 bits per heavy atom. The predicted molar refractivity (Wildman–Crippen MR) is 143 cm³/mol. The van der Waals surface area contributed by atoms with E-state index in [1.54, 1.807) is 6.92 Å². The first kappa shape index (κ1) is 33.8. The summed E-state index contributed by atoms with van der Waals surface area (Å²) in [5, 5.41) is 11.6. The van der Waals surface area contributed by atoms with Gasteiger partial charge in [-0.1, -0.05) is 6.92 Å². The van der Waals surface area contributed by atoms with Crippen LogP contribution in [0.2, 0.25) is 0 Å². The lowest BCUT2D eigenvalue weighted by Gasteiger charge is -2.47. The van der Waals surface area contributed by atoms with Crippen molar-refractivity contribution in [2.24, 2.45) is 7.05 Å². The number of hydrogen-bond donors (Lipinski definition) is 0. The highest BCUT2D eigenvalue weighted by Crippen LogP contribution is 2.46. The number of fused-ring (bicyclic) bond motifs is 1. The van der Waals surface area contributed by atoms with Crippen LogP contribution in [0.3, 0.4) is 0 Å². The molecule has 1 aromatic heterocycles. The molecule has 0 saturated heterocycles. The highest BCUT2D eigenvalue weighted by molar-refractivity contribution is 5.76. The molecule has 0 spiro atoms. The quantitative estimate of drug-likeness (QED) is 0.143. The smallest absolute Gasteiger partial charge is 0.416 e. The van der Waals surface area contributed by atoms with Crippen molar-refractivity contribution in [3.63, 3.8) is 0 Å². The number of benzene rings is 2. The third-order valence-electron chi connectivity index (χ3n) is 7.50. The molecule has 45 heavy (non-hydrogen) atoms. The Balaban J connectivity index is 1.92. The van der Waals surface area contributed by atoms with Gasteiger partial charge in [0.25, 0.3) is 0 Å². The lowest BCUT2D eigenvalue weighted by Crippen LogP contribution is -2.50. The number of methoxy groups -OCH3 is 1. The van der Waals surface area contributed by atoms with Gasteiger partial charge in [0.1, 0.15) is 6.04 Å². The second-order valence-corrected chi connectivity index (χ2v) is 10.5. The predicted octanol–water partition coefficient (Wildman–Crippen LogP) is 6.80. The maximum absolute atomic E-state index is 13.9. The van der Waals surface area contributed by atoms with Crippen molar-refractivity contribution >= 4 is 17.3 Å². The van der Waals surface area contributed by atoms with Gasteiger partial charge in [-0.15, -0.1) is 10.2 Å². The zero-order valence-corrected chi connectivity index (χ0v) is 24.3. The van der Waals surface area contributed by atoms with E-state index in [0.29, 0.717) is 37.9 Å². The maximum atomic E-state index is 13.9. The van der Waals surface area contributed by atoms with Gasteiger partial charge in [0.2, 0.25) is 5.82 Å². The number of tetrazole rings is 1. The fraction of sp³-hybridized carbons (Fsp3) is 0.500. The van der Waals surface area contributed by atoms with Gasteiger partial charge >= 0.3 is 24.5 Å². The highest BCUT2D eigenvalue weighted by Gasteiger charge is 2.42. The summed E-state index contributed by atoms with van der Waals surface area (Å²) in [5.74, 6) is -0.740. The lowest BCUT2D eigenvalue weighted by atomic mass is 9.94. The maximum Gasteiger partial charge on any atom is 0.416 e. The van der Waals surface area contributed by atoms with Crippen molar-refractivity contribution in [3.05, 3.63) is 64.5 Å². The molecule has 1 aliphatic heterocycles. The molecular formula is C28H29F9N6O2. The Labute approximate surface area is 251 Å². The molecule has 4 rings (SSSR count). The number of nitrogens with zero attached hydrogens (tertiary/aromatic N) is 6. The summed E-state index contributed by atoms with van der Waals surface area (Å²) >= 11 is 0. The van der Waals surface area contributed by atoms with E-state index in [9.17, 15) is 44.3 Å². The molecule has 0 amide bonds. The average molecular weight is 653 g/mol. The molecule has 0 fully saturated rings. The van der Waals surface area contributed by atoms with Crippen molar-refractivity contribution in [2.45, 2.75) is 63.2 Å². The van der Waals surface area contributed by atoms with Gasteiger partial charge in [-0.2, -0.15) is 44.3 Å². The van der Waals surface area contributed by atoms with Crippen LogP contribution in [0, 0.1) is 0 Å². The SMILES string of the molecule is CCC1CN(C(c2cc(C(F)(F)F)cc(C(F)(F)F)c2)c2nnn(C)n2)c2cc(C(F)(F)F)ccc2N1CCCCC(=O)OC. The number of halogens is 9. The summed E-state index contributed by atoms with van der Waals surface area (Å²) in [4.78, 5) is 15.6. The summed E-state index contributed by atoms with van der Waals surface area (Å²) < 4.78 is 130. The Bertz CT molecular complexity index is 1470. The molecule has 1 aliphatic rings. The van der Waals surface area contributed by atoms with Crippen LogP contribution >= 0.6 is 0 Å². The molecule has 2 heterocycles. The van der Waals surface area contributed by atoms with E-state index < -0.39 is 58.8 Å². The molecule has 3 aromatic rings. The summed E-state index contributed by atoms with van der Waals surface area (Å²) in [7, 11) is 2.57. The molecule has 0 radical (unpaired) electrons. The Morgan fingerprint density at radius 3 is 2.04 bits per heavy atom. The van der Waals surface area contributed by atoms with Gasteiger partial charge in [-0.25, -0.2) is 0 Å². The number of carbonyl (C=O) groups excluding carboxylic acids is 1. The van der Waals surface area contributed by atoms with Crippen molar-refractivity contribution in [1.29, 1.82) is 0 Å².